The summed E-state index contributed by atoms with van der Waals surface area (Å²) in [7, 11) is 0. The number of carbonyl (C=O) groups excluding carboxylic acids is 2. The van der Waals surface area contributed by atoms with Gasteiger partial charge in [0.05, 0.1) is 5.92 Å². The first-order chi connectivity index (χ1) is 10.7. The lowest BCUT2D eigenvalue weighted by Crippen LogP contribution is -2.29. The standard InChI is InChI=1S/C15H22N4O2S/c1-2-18-9-11(8-13(18)20)14(21)16-12-10-22-15(17-12)19-6-4-3-5-7-19/h10-11H,2-9H2,1H3,(H,16,21)/t11-/m0/s1. The number of piperidine rings is 1. The molecule has 6 nitrogen and oxygen atoms in total. The minimum atomic E-state index is -0.257. The van der Waals surface area contributed by atoms with Gasteiger partial charge in [0.15, 0.2) is 5.13 Å². The zero-order chi connectivity index (χ0) is 15.5. The van der Waals surface area contributed by atoms with Crippen molar-refractivity contribution >= 4 is 34.1 Å². The van der Waals surface area contributed by atoms with Crippen LogP contribution in [0.1, 0.15) is 32.6 Å². The lowest BCUT2D eigenvalue weighted by atomic mass is 10.1. The van der Waals surface area contributed by atoms with Gasteiger partial charge in [-0.1, -0.05) is 0 Å². The Hall–Kier alpha value is -1.63. The maximum atomic E-state index is 12.3. The van der Waals surface area contributed by atoms with E-state index in [2.05, 4.69) is 15.2 Å². The van der Waals surface area contributed by atoms with E-state index in [0.717, 1.165) is 18.2 Å². The highest BCUT2D eigenvalue weighted by atomic mass is 32.1. The number of nitrogens with zero attached hydrogens (tertiary/aromatic N) is 3. The topological polar surface area (TPSA) is 65.5 Å². The van der Waals surface area contributed by atoms with Crippen LogP contribution in [0.2, 0.25) is 0 Å². The SMILES string of the molecule is CCN1C[C@@H](C(=O)Nc2csc(N3CCCCC3)n2)CC1=O. The Balaban J connectivity index is 1.58. The highest BCUT2D eigenvalue weighted by Crippen LogP contribution is 2.27. The number of nitrogens with one attached hydrogen (secondary N) is 1. The summed E-state index contributed by atoms with van der Waals surface area (Å²) in [5.41, 5.74) is 0. The molecule has 0 saturated carbocycles. The number of rotatable bonds is 4. The number of thiazole rings is 1. The maximum Gasteiger partial charge on any atom is 0.230 e. The van der Waals surface area contributed by atoms with Crippen LogP contribution in [-0.4, -0.2) is 47.9 Å². The van der Waals surface area contributed by atoms with Crippen molar-refractivity contribution in [1.82, 2.24) is 9.88 Å². The van der Waals surface area contributed by atoms with Crippen LogP contribution in [0.5, 0.6) is 0 Å². The fraction of sp³-hybridized carbons (Fsp3) is 0.667. The second-order valence-corrected chi connectivity index (χ2v) is 6.72. The monoisotopic (exact) mass is 322 g/mol. The van der Waals surface area contributed by atoms with Crippen LogP contribution in [0.4, 0.5) is 10.9 Å². The second-order valence-electron chi connectivity index (χ2n) is 5.89. The van der Waals surface area contributed by atoms with Gasteiger partial charge in [0.25, 0.3) is 0 Å². The lowest BCUT2D eigenvalue weighted by Gasteiger charge is -2.25. The van der Waals surface area contributed by atoms with Crippen LogP contribution in [0, 0.1) is 5.92 Å². The van der Waals surface area contributed by atoms with Crippen molar-refractivity contribution in [3.63, 3.8) is 0 Å². The molecule has 0 unspecified atom stereocenters. The molecule has 0 bridgehead atoms. The Kier molecular flexibility index (Phi) is 4.61. The van der Waals surface area contributed by atoms with Crippen LogP contribution >= 0.6 is 11.3 Å². The van der Waals surface area contributed by atoms with Crippen LogP contribution in [0.3, 0.4) is 0 Å². The molecule has 2 aliphatic rings. The number of aromatic nitrogens is 1. The largest absolute Gasteiger partial charge is 0.348 e. The summed E-state index contributed by atoms with van der Waals surface area (Å²) in [5.74, 6) is 0.320. The Bertz CT molecular complexity index is 553. The number of amides is 2. The quantitative estimate of drug-likeness (QED) is 0.920. The van der Waals surface area contributed by atoms with Gasteiger partial charge in [0.2, 0.25) is 11.8 Å². The van der Waals surface area contributed by atoms with Crippen molar-refractivity contribution in [2.45, 2.75) is 32.6 Å². The summed E-state index contributed by atoms with van der Waals surface area (Å²) in [5, 5.41) is 5.73. The highest BCUT2D eigenvalue weighted by molar-refractivity contribution is 7.14. The molecule has 2 amide bonds. The van der Waals surface area contributed by atoms with E-state index in [1.54, 1.807) is 16.2 Å². The zero-order valence-corrected chi connectivity index (χ0v) is 13.7. The summed E-state index contributed by atoms with van der Waals surface area (Å²) >= 11 is 1.57. The molecular formula is C15H22N4O2S. The van der Waals surface area contributed by atoms with Crippen molar-refractivity contribution in [2.24, 2.45) is 5.92 Å². The molecule has 7 heteroatoms. The van der Waals surface area contributed by atoms with E-state index in [9.17, 15) is 9.59 Å². The summed E-state index contributed by atoms with van der Waals surface area (Å²) in [6.45, 7) is 5.21. The summed E-state index contributed by atoms with van der Waals surface area (Å²) in [6.07, 6.45) is 4.01. The minimum Gasteiger partial charge on any atom is -0.348 e. The third-order valence-corrected chi connectivity index (χ3v) is 5.24. The van der Waals surface area contributed by atoms with E-state index in [1.807, 2.05) is 12.3 Å². The number of hydrogen-bond acceptors (Lipinski definition) is 5. The number of carbonyl (C=O) groups is 2. The molecule has 2 saturated heterocycles. The molecular weight excluding hydrogens is 300 g/mol. The first-order valence-corrected chi connectivity index (χ1v) is 8.84. The third kappa shape index (κ3) is 3.24. The van der Waals surface area contributed by atoms with E-state index >= 15 is 0 Å². The first-order valence-electron chi connectivity index (χ1n) is 7.96. The van der Waals surface area contributed by atoms with Gasteiger partial charge in [-0.15, -0.1) is 11.3 Å². The Morgan fingerprint density at radius 1 is 1.41 bits per heavy atom. The van der Waals surface area contributed by atoms with Gasteiger partial charge in [-0.05, 0) is 26.2 Å². The molecule has 1 N–H and O–H groups in total. The Labute approximate surface area is 134 Å². The number of anilines is 2. The van der Waals surface area contributed by atoms with Crippen molar-refractivity contribution in [3.8, 4) is 0 Å². The smallest absolute Gasteiger partial charge is 0.230 e. The van der Waals surface area contributed by atoms with Crippen molar-refractivity contribution in [3.05, 3.63) is 5.38 Å². The molecule has 0 spiro atoms. The van der Waals surface area contributed by atoms with Gasteiger partial charge in [0.1, 0.15) is 5.82 Å². The molecule has 3 rings (SSSR count). The van der Waals surface area contributed by atoms with E-state index in [4.69, 9.17) is 0 Å². The molecule has 120 valence electrons. The van der Waals surface area contributed by atoms with Crippen molar-refractivity contribution in [1.29, 1.82) is 0 Å². The Morgan fingerprint density at radius 3 is 2.86 bits per heavy atom. The molecule has 22 heavy (non-hydrogen) atoms. The number of hydrogen-bond donors (Lipinski definition) is 1. The average molecular weight is 322 g/mol. The zero-order valence-electron chi connectivity index (χ0n) is 12.9. The molecule has 0 aliphatic carbocycles. The molecule has 3 heterocycles. The molecule has 0 radical (unpaired) electrons. The fourth-order valence-electron chi connectivity index (χ4n) is 3.03. The molecule has 1 aromatic heterocycles. The van der Waals surface area contributed by atoms with Crippen LogP contribution < -0.4 is 10.2 Å². The van der Waals surface area contributed by atoms with Gasteiger partial charge in [-0.25, -0.2) is 4.98 Å². The van der Waals surface area contributed by atoms with Crippen molar-refractivity contribution in [2.75, 3.05) is 36.4 Å². The van der Waals surface area contributed by atoms with E-state index in [-0.39, 0.29) is 17.7 Å². The Morgan fingerprint density at radius 2 is 2.18 bits per heavy atom. The number of likely N-dealkylation sites (tertiary alicyclic amines) is 1. The van der Waals surface area contributed by atoms with Gasteiger partial charge in [0, 0.05) is 38.0 Å². The van der Waals surface area contributed by atoms with Crippen LogP contribution in [0.15, 0.2) is 5.38 Å². The normalized spacial score (nSPS) is 22.2. The first kappa shape index (κ1) is 15.3. The lowest BCUT2D eigenvalue weighted by molar-refractivity contribution is -0.128. The summed E-state index contributed by atoms with van der Waals surface area (Å²) in [4.78, 5) is 32.5. The molecule has 1 atom stereocenters. The average Bonchev–Trinajstić information content (AvgIpc) is 3.14. The van der Waals surface area contributed by atoms with Gasteiger partial charge >= 0.3 is 0 Å². The van der Waals surface area contributed by atoms with Crippen LogP contribution in [-0.2, 0) is 9.59 Å². The predicted octanol–water partition coefficient (Wildman–Crippen LogP) is 1.94. The van der Waals surface area contributed by atoms with Crippen molar-refractivity contribution < 1.29 is 9.59 Å². The predicted molar refractivity (Wildman–Crippen MR) is 87.2 cm³/mol. The summed E-state index contributed by atoms with van der Waals surface area (Å²) < 4.78 is 0. The maximum absolute atomic E-state index is 12.3. The van der Waals surface area contributed by atoms with E-state index in [1.165, 1.54) is 19.3 Å². The van der Waals surface area contributed by atoms with E-state index in [0.29, 0.717) is 25.3 Å². The second kappa shape index (κ2) is 6.64. The fourth-order valence-corrected chi connectivity index (χ4v) is 3.85. The molecule has 0 aromatic carbocycles. The highest BCUT2D eigenvalue weighted by Gasteiger charge is 2.33. The van der Waals surface area contributed by atoms with Gasteiger partial charge in [-0.3, -0.25) is 9.59 Å². The van der Waals surface area contributed by atoms with Crippen LogP contribution in [0.25, 0.3) is 0 Å². The molecule has 2 fully saturated rings. The third-order valence-electron chi connectivity index (χ3n) is 4.34. The summed E-state index contributed by atoms with van der Waals surface area (Å²) in [6, 6.07) is 0. The molecule has 1 aromatic rings. The molecule has 2 aliphatic heterocycles. The minimum absolute atomic E-state index is 0.0648. The van der Waals surface area contributed by atoms with E-state index < -0.39 is 0 Å². The van der Waals surface area contributed by atoms with Gasteiger partial charge < -0.3 is 15.1 Å². The van der Waals surface area contributed by atoms with Gasteiger partial charge in [-0.2, -0.15) is 0 Å².